The molecule has 0 aliphatic heterocycles. The first-order valence-corrected chi connectivity index (χ1v) is 9.97. The number of nitrogens with one attached hydrogen (secondary N) is 2. The minimum atomic E-state index is -3.55. The average molecular weight is 358 g/mol. The quantitative estimate of drug-likeness (QED) is 0.799. The Hall–Kier alpha value is -2.18. The maximum Gasteiger partial charge on any atom is 0.240 e. The maximum absolute atomic E-state index is 12.3. The Morgan fingerprint density at radius 3 is 2.28 bits per heavy atom. The van der Waals surface area contributed by atoms with E-state index in [2.05, 4.69) is 10.0 Å². The summed E-state index contributed by atoms with van der Waals surface area (Å²) in [6.07, 6.45) is 3.60. The molecule has 2 aromatic rings. The van der Waals surface area contributed by atoms with Crippen LogP contribution in [-0.4, -0.2) is 20.9 Å². The zero-order valence-corrected chi connectivity index (χ0v) is 14.8. The van der Waals surface area contributed by atoms with Gasteiger partial charge in [0.1, 0.15) is 0 Å². The van der Waals surface area contributed by atoms with Crippen molar-refractivity contribution in [3.05, 3.63) is 60.2 Å². The molecule has 0 atom stereocenters. The van der Waals surface area contributed by atoms with Crippen LogP contribution in [0.15, 0.2) is 59.5 Å². The number of anilines is 1. The number of benzene rings is 2. The minimum absolute atomic E-state index is 0.0165. The van der Waals surface area contributed by atoms with E-state index in [1.54, 1.807) is 12.1 Å². The van der Waals surface area contributed by atoms with Crippen molar-refractivity contribution in [3.63, 3.8) is 0 Å². The molecule has 1 saturated carbocycles. The van der Waals surface area contributed by atoms with Gasteiger partial charge in [-0.25, -0.2) is 13.1 Å². The monoisotopic (exact) mass is 358 g/mol. The number of carbonyl (C=O) groups excluding carboxylic acids is 1. The van der Waals surface area contributed by atoms with Gasteiger partial charge in [0.05, 0.1) is 4.90 Å². The molecule has 1 aliphatic carbocycles. The van der Waals surface area contributed by atoms with Gasteiger partial charge in [-0.05, 0) is 49.1 Å². The van der Waals surface area contributed by atoms with E-state index in [9.17, 15) is 13.2 Å². The minimum Gasteiger partial charge on any atom is -0.326 e. The summed E-state index contributed by atoms with van der Waals surface area (Å²) in [5.41, 5.74) is 1.71. The third-order valence-corrected chi connectivity index (χ3v) is 5.93. The molecule has 0 unspecified atom stereocenters. The van der Waals surface area contributed by atoms with Gasteiger partial charge in [0.25, 0.3) is 0 Å². The third kappa shape index (κ3) is 4.67. The molecular weight excluding hydrogens is 336 g/mol. The first-order valence-electron chi connectivity index (χ1n) is 8.49. The van der Waals surface area contributed by atoms with Gasteiger partial charge >= 0.3 is 0 Å². The summed E-state index contributed by atoms with van der Waals surface area (Å²) >= 11 is 0. The Labute approximate surface area is 148 Å². The van der Waals surface area contributed by atoms with E-state index in [1.807, 2.05) is 30.3 Å². The van der Waals surface area contributed by atoms with Crippen LogP contribution < -0.4 is 10.0 Å². The highest BCUT2D eigenvalue weighted by Gasteiger charge is 2.25. The highest BCUT2D eigenvalue weighted by atomic mass is 32.2. The molecule has 6 heteroatoms. The molecule has 0 heterocycles. The van der Waals surface area contributed by atoms with Gasteiger partial charge in [-0.15, -0.1) is 0 Å². The SMILES string of the molecule is O=C(Nc1ccc(S(=O)(=O)NCCc2ccccc2)cc1)C1CCC1. The maximum atomic E-state index is 12.3. The summed E-state index contributed by atoms with van der Waals surface area (Å²) in [5, 5.41) is 2.83. The van der Waals surface area contributed by atoms with Gasteiger partial charge in [0.15, 0.2) is 0 Å². The van der Waals surface area contributed by atoms with Crippen LogP contribution in [-0.2, 0) is 21.2 Å². The second-order valence-electron chi connectivity index (χ2n) is 6.27. The Balaban J connectivity index is 1.55. The predicted octanol–water partition coefficient (Wildman–Crippen LogP) is 2.95. The van der Waals surface area contributed by atoms with Crippen LogP contribution in [0.5, 0.6) is 0 Å². The zero-order chi connectivity index (χ0) is 17.7. The van der Waals surface area contributed by atoms with Gasteiger partial charge in [-0.2, -0.15) is 0 Å². The number of carbonyl (C=O) groups is 1. The lowest BCUT2D eigenvalue weighted by atomic mass is 9.85. The van der Waals surface area contributed by atoms with Gasteiger partial charge in [0, 0.05) is 18.2 Å². The van der Waals surface area contributed by atoms with Crippen LogP contribution in [0.25, 0.3) is 0 Å². The van der Waals surface area contributed by atoms with Crippen molar-refractivity contribution in [2.24, 2.45) is 5.92 Å². The fraction of sp³-hybridized carbons (Fsp3) is 0.316. The van der Waals surface area contributed by atoms with Crippen molar-refractivity contribution in [1.82, 2.24) is 4.72 Å². The Morgan fingerprint density at radius 1 is 1.00 bits per heavy atom. The smallest absolute Gasteiger partial charge is 0.240 e. The molecule has 1 aliphatic rings. The normalized spacial score (nSPS) is 14.7. The lowest BCUT2D eigenvalue weighted by Gasteiger charge is -2.24. The summed E-state index contributed by atoms with van der Waals surface area (Å²) in [4.78, 5) is 12.1. The summed E-state index contributed by atoms with van der Waals surface area (Å²) in [5.74, 6) is 0.117. The van der Waals surface area contributed by atoms with Gasteiger partial charge in [-0.1, -0.05) is 36.8 Å². The van der Waals surface area contributed by atoms with Crippen molar-refractivity contribution in [2.45, 2.75) is 30.6 Å². The van der Waals surface area contributed by atoms with Gasteiger partial charge in [-0.3, -0.25) is 4.79 Å². The molecular formula is C19H22N2O3S. The Bertz CT molecular complexity index is 814. The molecule has 0 bridgehead atoms. The number of rotatable bonds is 7. The fourth-order valence-electron chi connectivity index (χ4n) is 2.69. The zero-order valence-electron chi connectivity index (χ0n) is 13.9. The first-order chi connectivity index (χ1) is 12.0. The number of hydrogen-bond acceptors (Lipinski definition) is 3. The highest BCUT2D eigenvalue weighted by Crippen LogP contribution is 2.27. The molecule has 5 nitrogen and oxygen atoms in total. The molecule has 3 rings (SSSR count). The number of amides is 1. The number of hydrogen-bond donors (Lipinski definition) is 2. The van der Waals surface area contributed by atoms with Gasteiger partial charge < -0.3 is 5.32 Å². The number of sulfonamides is 1. The first kappa shape index (κ1) is 17.6. The standard InChI is InChI=1S/C19H22N2O3S/c22-19(16-7-4-8-16)21-17-9-11-18(12-10-17)25(23,24)20-14-13-15-5-2-1-3-6-15/h1-3,5-6,9-12,16,20H,4,7-8,13-14H2,(H,21,22). The van der Waals surface area contributed by atoms with Crippen LogP contribution in [0.3, 0.4) is 0 Å². The van der Waals surface area contributed by atoms with E-state index >= 15 is 0 Å². The van der Waals surface area contributed by atoms with E-state index in [4.69, 9.17) is 0 Å². The second-order valence-corrected chi connectivity index (χ2v) is 8.04. The second kappa shape index (κ2) is 7.80. The summed E-state index contributed by atoms with van der Waals surface area (Å²) in [7, 11) is -3.55. The lowest BCUT2D eigenvalue weighted by Crippen LogP contribution is -2.28. The fourth-order valence-corrected chi connectivity index (χ4v) is 3.72. The molecule has 0 saturated heterocycles. The summed E-state index contributed by atoms with van der Waals surface area (Å²) in [6.45, 7) is 0.340. The molecule has 132 valence electrons. The molecule has 1 fully saturated rings. The molecule has 0 radical (unpaired) electrons. The van der Waals surface area contributed by atoms with Crippen LogP contribution >= 0.6 is 0 Å². The predicted molar refractivity (Wildman–Crippen MR) is 97.7 cm³/mol. The third-order valence-electron chi connectivity index (χ3n) is 4.46. The van der Waals surface area contributed by atoms with E-state index in [0.29, 0.717) is 18.7 Å². The van der Waals surface area contributed by atoms with Crippen LogP contribution in [0.1, 0.15) is 24.8 Å². The van der Waals surface area contributed by atoms with E-state index < -0.39 is 10.0 Å². The molecule has 0 aromatic heterocycles. The molecule has 25 heavy (non-hydrogen) atoms. The van der Waals surface area contributed by atoms with Crippen molar-refractivity contribution in [3.8, 4) is 0 Å². The van der Waals surface area contributed by atoms with Crippen LogP contribution in [0.2, 0.25) is 0 Å². The van der Waals surface area contributed by atoms with E-state index in [0.717, 1.165) is 24.8 Å². The van der Waals surface area contributed by atoms with Crippen molar-refractivity contribution in [2.75, 3.05) is 11.9 Å². The van der Waals surface area contributed by atoms with E-state index in [1.165, 1.54) is 12.1 Å². The van der Waals surface area contributed by atoms with Crippen molar-refractivity contribution >= 4 is 21.6 Å². The van der Waals surface area contributed by atoms with E-state index in [-0.39, 0.29) is 16.7 Å². The van der Waals surface area contributed by atoms with Crippen molar-refractivity contribution in [1.29, 1.82) is 0 Å². The average Bonchev–Trinajstić information content (AvgIpc) is 2.54. The van der Waals surface area contributed by atoms with Crippen molar-refractivity contribution < 1.29 is 13.2 Å². The Morgan fingerprint density at radius 2 is 1.68 bits per heavy atom. The van der Waals surface area contributed by atoms with Crippen LogP contribution in [0.4, 0.5) is 5.69 Å². The molecule has 2 aromatic carbocycles. The summed E-state index contributed by atoms with van der Waals surface area (Å²) in [6, 6.07) is 16.0. The van der Waals surface area contributed by atoms with Gasteiger partial charge in [0.2, 0.25) is 15.9 Å². The highest BCUT2D eigenvalue weighted by molar-refractivity contribution is 7.89. The van der Waals surface area contributed by atoms with Crippen LogP contribution in [0, 0.1) is 5.92 Å². The largest absolute Gasteiger partial charge is 0.326 e. The lowest BCUT2D eigenvalue weighted by molar-refractivity contribution is -0.122. The topological polar surface area (TPSA) is 75.3 Å². The molecule has 0 spiro atoms. The molecule has 2 N–H and O–H groups in total. The molecule has 1 amide bonds. The Kier molecular flexibility index (Phi) is 5.50. The summed E-state index contributed by atoms with van der Waals surface area (Å²) < 4.78 is 27.2.